The summed E-state index contributed by atoms with van der Waals surface area (Å²) in [7, 11) is 0. The third-order valence-corrected chi connectivity index (χ3v) is 3.61. The summed E-state index contributed by atoms with van der Waals surface area (Å²) in [5.41, 5.74) is 5.71. The number of nitrogen functional groups attached to an aromatic ring is 1. The van der Waals surface area contributed by atoms with Crippen molar-refractivity contribution in [3.8, 4) is 0 Å². The second kappa shape index (κ2) is 6.10. The van der Waals surface area contributed by atoms with Gasteiger partial charge in [-0.2, -0.15) is 0 Å². The van der Waals surface area contributed by atoms with Crippen LogP contribution in [0.2, 0.25) is 0 Å². The molecule has 1 aromatic rings. The molecular weight excluding hydrogens is 262 g/mol. The second-order valence-electron chi connectivity index (χ2n) is 4.56. The fourth-order valence-electron chi connectivity index (χ4n) is 2.10. The Hall–Kier alpha value is -1.50. The van der Waals surface area contributed by atoms with Gasteiger partial charge in [-0.15, -0.1) is 0 Å². The molecule has 1 aliphatic rings. The van der Waals surface area contributed by atoms with Crippen molar-refractivity contribution in [3.63, 3.8) is 0 Å². The Morgan fingerprint density at radius 3 is 2.79 bits per heavy atom. The topological polar surface area (TPSA) is 84.1 Å². The second-order valence-corrected chi connectivity index (χ2v) is 5.34. The number of carbonyl (C=O) groups is 1. The van der Waals surface area contributed by atoms with E-state index in [0.717, 1.165) is 25.9 Å². The third kappa shape index (κ3) is 3.50. The molecule has 1 aliphatic heterocycles. The van der Waals surface area contributed by atoms with Crippen molar-refractivity contribution in [2.45, 2.75) is 31.0 Å². The van der Waals surface area contributed by atoms with Gasteiger partial charge >= 0.3 is 0 Å². The van der Waals surface area contributed by atoms with Crippen molar-refractivity contribution in [1.82, 2.24) is 14.9 Å². The molecule has 0 saturated carbocycles. The molecule has 104 valence electrons. The zero-order valence-corrected chi connectivity index (χ0v) is 12.0. The first-order valence-corrected chi connectivity index (χ1v) is 7.56. The minimum absolute atomic E-state index is 0.111. The minimum atomic E-state index is -0.304. The van der Waals surface area contributed by atoms with E-state index in [4.69, 9.17) is 5.73 Å². The SMILES string of the molecule is CSc1nc(N)cc(NC(C)C(=O)N2CCCC2)n1. The highest BCUT2D eigenvalue weighted by molar-refractivity contribution is 7.98. The molecule has 7 heteroatoms. The monoisotopic (exact) mass is 281 g/mol. The predicted molar refractivity (Wildman–Crippen MR) is 77.1 cm³/mol. The Kier molecular flexibility index (Phi) is 4.47. The molecular formula is C12H19N5OS. The molecule has 0 radical (unpaired) electrons. The molecule has 1 fully saturated rings. The number of nitrogens with zero attached hydrogens (tertiary/aromatic N) is 3. The molecule has 3 N–H and O–H groups in total. The summed E-state index contributed by atoms with van der Waals surface area (Å²) in [5.74, 6) is 1.11. The van der Waals surface area contributed by atoms with Gasteiger partial charge < -0.3 is 16.0 Å². The van der Waals surface area contributed by atoms with Crippen LogP contribution >= 0.6 is 11.8 Å². The van der Waals surface area contributed by atoms with Crippen LogP contribution in [-0.2, 0) is 4.79 Å². The maximum absolute atomic E-state index is 12.2. The van der Waals surface area contributed by atoms with E-state index in [1.165, 1.54) is 11.8 Å². The lowest BCUT2D eigenvalue weighted by Gasteiger charge is -2.21. The van der Waals surface area contributed by atoms with Crippen LogP contribution in [0.3, 0.4) is 0 Å². The first-order chi connectivity index (χ1) is 9.10. The number of hydrogen-bond donors (Lipinski definition) is 2. The van der Waals surface area contributed by atoms with E-state index in [1.807, 2.05) is 18.1 Å². The van der Waals surface area contributed by atoms with Gasteiger partial charge in [0.1, 0.15) is 17.7 Å². The van der Waals surface area contributed by atoms with Crippen LogP contribution in [0.1, 0.15) is 19.8 Å². The Labute approximate surface area is 117 Å². The molecule has 0 bridgehead atoms. The van der Waals surface area contributed by atoms with Gasteiger partial charge in [0.15, 0.2) is 5.16 Å². The van der Waals surface area contributed by atoms with Crippen molar-refractivity contribution >= 4 is 29.3 Å². The van der Waals surface area contributed by atoms with Gasteiger partial charge in [-0.3, -0.25) is 4.79 Å². The minimum Gasteiger partial charge on any atom is -0.383 e. The van der Waals surface area contributed by atoms with Crippen molar-refractivity contribution in [2.24, 2.45) is 0 Å². The van der Waals surface area contributed by atoms with Crippen LogP contribution in [0, 0.1) is 0 Å². The summed E-state index contributed by atoms with van der Waals surface area (Å²) in [6.45, 7) is 3.55. The van der Waals surface area contributed by atoms with E-state index in [2.05, 4.69) is 15.3 Å². The number of carbonyl (C=O) groups excluding carboxylic acids is 1. The van der Waals surface area contributed by atoms with Crippen LogP contribution in [0.25, 0.3) is 0 Å². The molecule has 1 aromatic heterocycles. The average molecular weight is 281 g/mol. The van der Waals surface area contributed by atoms with Gasteiger partial charge in [-0.1, -0.05) is 11.8 Å². The van der Waals surface area contributed by atoms with E-state index in [9.17, 15) is 4.79 Å². The van der Waals surface area contributed by atoms with E-state index in [0.29, 0.717) is 16.8 Å². The van der Waals surface area contributed by atoms with Crippen LogP contribution < -0.4 is 11.1 Å². The van der Waals surface area contributed by atoms with Crippen LogP contribution in [-0.4, -0.2) is 46.2 Å². The van der Waals surface area contributed by atoms with Crippen molar-refractivity contribution in [3.05, 3.63) is 6.07 Å². The van der Waals surface area contributed by atoms with Crippen molar-refractivity contribution in [2.75, 3.05) is 30.4 Å². The van der Waals surface area contributed by atoms with Crippen molar-refractivity contribution < 1.29 is 4.79 Å². The molecule has 0 aliphatic carbocycles. The lowest BCUT2D eigenvalue weighted by molar-refractivity contribution is -0.130. The zero-order chi connectivity index (χ0) is 13.8. The highest BCUT2D eigenvalue weighted by Gasteiger charge is 2.23. The molecule has 19 heavy (non-hydrogen) atoms. The van der Waals surface area contributed by atoms with E-state index in [1.54, 1.807) is 6.07 Å². The van der Waals surface area contributed by atoms with E-state index in [-0.39, 0.29) is 11.9 Å². The molecule has 6 nitrogen and oxygen atoms in total. The molecule has 2 heterocycles. The average Bonchev–Trinajstić information content (AvgIpc) is 2.90. The summed E-state index contributed by atoms with van der Waals surface area (Å²) in [6.07, 6.45) is 4.07. The summed E-state index contributed by atoms with van der Waals surface area (Å²) in [4.78, 5) is 22.4. The number of rotatable bonds is 4. The largest absolute Gasteiger partial charge is 0.383 e. The summed E-state index contributed by atoms with van der Waals surface area (Å²) < 4.78 is 0. The van der Waals surface area contributed by atoms with Gasteiger partial charge in [-0.25, -0.2) is 9.97 Å². The molecule has 1 amide bonds. The van der Waals surface area contributed by atoms with E-state index >= 15 is 0 Å². The molecule has 0 spiro atoms. The lowest BCUT2D eigenvalue weighted by atomic mass is 10.3. The van der Waals surface area contributed by atoms with Crippen LogP contribution in [0.5, 0.6) is 0 Å². The smallest absolute Gasteiger partial charge is 0.244 e. The highest BCUT2D eigenvalue weighted by Crippen LogP contribution is 2.17. The van der Waals surface area contributed by atoms with Gasteiger partial charge in [0.05, 0.1) is 0 Å². The number of amides is 1. The fourth-order valence-corrected chi connectivity index (χ4v) is 2.49. The van der Waals surface area contributed by atoms with Gasteiger partial charge in [0, 0.05) is 19.2 Å². The summed E-state index contributed by atoms with van der Waals surface area (Å²) >= 11 is 1.42. The number of nitrogens with two attached hydrogens (primary N) is 1. The fraction of sp³-hybridized carbons (Fsp3) is 0.583. The van der Waals surface area contributed by atoms with Gasteiger partial charge in [-0.05, 0) is 26.0 Å². The number of nitrogens with one attached hydrogen (secondary N) is 1. The van der Waals surface area contributed by atoms with Crippen LogP contribution in [0.4, 0.5) is 11.6 Å². The standard InChI is InChI=1S/C12H19N5OS/c1-8(11(18)17-5-3-4-6-17)14-10-7-9(13)15-12(16-10)19-2/h7-8H,3-6H2,1-2H3,(H3,13,14,15,16). The summed E-state index contributed by atoms with van der Waals surface area (Å²) in [6, 6.07) is 1.34. The Morgan fingerprint density at radius 1 is 1.47 bits per heavy atom. The van der Waals surface area contributed by atoms with Crippen molar-refractivity contribution in [1.29, 1.82) is 0 Å². The maximum Gasteiger partial charge on any atom is 0.244 e. The predicted octanol–water partition coefficient (Wildman–Crippen LogP) is 1.20. The Morgan fingerprint density at radius 2 is 2.16 bits per heavy atom. The molecule has 1 unspecified atom stereocenters. The first kappa shape index (κ1) is 13.9. The lowest BCUT2D eigenvalue weighted by Crippen LogP contribution is -2.39. The molecule has 1 atom stereocenters. The number of thioether (sulfide) groups is 1. The Bertz CT molecular complexity index is 461. The van der Waals surface area contributed by atoms with Gasteiger partial charge in [0.2, 0.25) is 5.91 Å². The third-order valence-electron chi connectivity index (χ3n) is 3.06. The van der Waals surface area contributed by atoms with Crippen LogP contribution in [0.15, 0.2) is 11.2 Å². The quantitative estimate of drug-likeness (QED) is 0.637. The highest BCUT2D eigenvalue weighted by atomic mass is 32.2. The Balaban J connectivity index is 2.03. The van der Waals surface area contributed by atoms with Gasteiger partial charge in [0.25, 0.3) is 0 Å². The zero-order valence-electron chi connectivity index (χ0n) is 11.2. The van der Waals surface area contributed by atoms with E-state index < -0.39 is 0 Å². The number of anilines is 2. The number of aromatic nitrogens is 2. The maximum atomic E-state index is 12.2. The molecule has 2 rings (SSSR count). The normalized spacial score (nSPS) is 16.4. The number of likely N-dealkylation sites (tertiary alicyclic amines) is 1. The molecule has 0 aromatic carbocycles. The molecule has 1 saturated heterocycles. The number of hydrogen-bond acceptors (Lipinski definition) is 6. The first-order valence-electron chi connectivity index (χ1n) is 6.34. The summed E-state index contributed by atoms with van der Waals surface area (Å²) in [5, 5.41) is 3.70.